The number of benzene rings is 1. The van der Waals surface area contributed by atoms with E-state index in [1.165, 1.54) is 0 Å². The van der Waals surface area contributed by atoms with Crippen molar-refractivity contribution in [2.75, 3.05) is 6.61 Å². The number of aromatic nitrogens is 2. The number of nitrogens with one attached hydrogen (secondary N) is 1. The van der Waals surface area contributed by atoms with Crippen LogP contribution in [0, 0.1) is 0 Å². The summed E-state index contributed by atoms with van der Waals surface area (Å²) in [7, 11) is 0. The molecule has 7 heteroatoms. The summed E-state index contributed by atoms with van der Waals surface area (Å²) < 4.78 is 10.1. The second kappa shape index (κ2) is 4.64. The van der Waals surface area contributed by atoms with Gasteiger partial charge in [-0.2, -0.15) is 5.10 Å². The molecule has 102 valence electrons. The Labute approximate surface area is 117 Å². The number of ether oxygens (including phenoxy) is 1. The van der Waals surface area contributed by atoms with Gasteiger partial charge in [0.25, 0.3) is 0 Å². The highest BCUT2D eigenvalue weighted by Crippen LogP contribution is 2.30. The summed E-state index contributed by atoms with van der Waals surface area (Å²) in [5.41, 5.74) is -0.231. The van der Waals surface area contributed by atoms with Crippen molar-refractivity contribution in [2.24, 2.45) is 0 Å². The summed E-state index contributed by atoms with van der Waals surface area (Å²) in [6.07, 6.45) is 0. The summed E-state index contributed by atoms with van der Waals surface area (Å²) in [6.45, 7) is 1.91. The summed E-state index contributed by atoms with van der Waals surface area (Å²) >= 11 is 6.14. The maximum absolute atomic E-state index is 11.9. The number of esters is 1. The zero-order chi connectivity index (χ0) is 14.3. The van der Waals surface area contributed by atoms with Crippen LogP contribution in [0.1, 0.15) is 17.4 Å². The predicted molar refractivity (Wildman–Crippen MR) is 73.1 cm³/mol. The lowest BCUT2D eigenvalue weighted by atomic mass is 10.1. The molecule has 0 aliphatic carbocycles. The van der Waals surface area contributed by atoms with E-state index in [0.29, 0.717) is 21.4 Å². The zero-order valence-electron chi connectivity index (χ0n) is 10.4. The topological polar surface area (TPSA) is 85.2 Å². The molecule has 1 N–H and O–H groups in total. The highest BCUT2D eigenvalue weighted by molar-refractivity contribution is 6.38. The van der Waals surface area contributed by atoms with Gasteiger partial charge in [0.15, 0.2) is 11.2 Å². The molecule has 0 unspecified atom stereocenters. The van der Waals surface area contributed by atoms with Crippen LogP contribution in [-0.2, 0) is 4.74 Å². The van der Waals surface area contributed by atoms with Crippen LogP contribution in [0.15, 0.2) is 27.4 Å². The van der Waals surface area contributed by atoms with Gasteiger partial charge in [0.1, 0.15) is 5.58 Å². The molecule has 0 amide bonds. The average Bonchev–Trinajstić information content (AvgIpc) is 2.84. The molecule has 0 saturated heterocycles. The first-order valence-corrected chi connectivity index (χ1v) is 6.27. The first-order valence-electron chi connectivity index (χ1n) is 5.90. The Bertz CT molecular complexity index is 881. The molecule has 6 nitrogen and oxygen atoms in total. The van der Waals surface area contributed by atoms with Gasteiger partial charge in [-0.3, -0.25) is 5.10 Å². The highest BCUT2D eigenvalue weighted by Gasteiger charge is 2.21. The molecule has 2 aromatic heterocycles. The van der Waals surface area contributed by atoms with Crippen molar-refractivity contribution < 1.29 is 13.9 Å². The fourth-order valence-corrected chi connectivity index (χ4v) is 2.32. The van der Waals surface area contributed by atoms with Crippen LogP contribution >= 0.6 is 11.6 Å². The number of hydrogen-bond acceptors (Lipinski definition) is 5. The smallest absolute Gasteiger partial charge is 0.364 e. The van der Waals surface area contributed by atoms with E-state index in [2.05, 4.69) is 10.2 Å². The lowest BCUT2D eigenvalue weighted by Gasteiger charge is -2.03. The second-order valence-electron chi connectivity index (χ2n) is 4.05. The molecule has 0 bridgehead atoms. The van der Waals surface area contributed by atoms with Crippen LogP contribution in [0.4, 0.5) is 0 Å². The largest absolute Gasteiger partial charge is 0.461 e. The Morgan fingerprint density at radius 2 is 2.25 bits per heavy atom. The van der Waals surface area contributed by atoms with E-state index in [0.717, 1.165) is 0 Å². The van der Waals surface area contributed by atoms with Crippen molar-refractivity contribution in [3.05, 3.63) is 39.3 Å². The molecule has 3 aromatic rings. The van der Waals surface area contributed by atoms with Crippen LogP contribution in [0.2, 0.25) is 5.02 Å². The van der Waals surface area contributed by atoms with E-state index < -0.39 is 11.6 Å². The molecule has 0 radical (unpaired) electrons. The van der Waals surface area contributed by atoms with Gasteiger partial charge in [0.05, 0.1) is 17.0 Å². The maximum Gasteiger partial charge on any atom is 0.364 e. The number of halogens is 1. The fourth-order valence-electron chi connectivity index (χ4n) is 2.06. The van der Waals surface area contributed by atoms with Crippen molar-refractivity contribution in [2.45, 2.75) is 6.92 Å². The SMILES string of the molecule is CCOC(=O)c1[nH]nc2c(=O)oc3cccc(Cl)c3c12. The van der Waals surface area contributed by atoms with E-state index in [1.54, 1.807) is 25.1 Å². The normalized spacial score (nSPS) is 11.1. The third kappa shape index (κ3) is 1.77. The Balaban J connectivity index is 2.48. The highest BCUT2D eigenvalue weighted by atomic mass is 35.5. The van der Waals surface area contributed by atoms with E-state index >= 15 is 0 Å². The fraction of sp³-hybridized carbons (Fsp3) is 0.154. The van der Waals surface area contributed by atoms with Crippen LogP contribution < -0.4 is 5.63 Å². The Kier molecular flexibility index (Phi) is 2.94. The maximum atomic E-state index is 11.9. The number of carbonyl (C=O) groups is 1. The Morgan fingerprint density at radius 3 is 3.00 bits per heavy atom. The first-order chi connectivity index (χ1) is 9.63. The van der Waals surface area contributed by atoms with Gasteiger partial charge in [0.2, 0.25) is 0 Å². The van der Waals surface area contributed by atoms with Crippen LogP contribution in [0.3, 0.4) is 0 Å². The quantitative estimate of drug-likeness (QED) is 0.579. The summed E-state index contributed by atoms with van der Waals surface area (Å²) in [4.78, 5) is 23.8. The third-order valence-electron chi connectivity index (χ3n) is 2.87. The van der Waals surface area contributed by atoms with E-state index in [4.69, 9.17) is 20.8 Å². The molecule has 20 heavy (non-hydrogen) atoms. The summed E-state index contributed by atoms with van der Waals surface area (Å²) in [5, 5.41) is 7.48. The molecule has 0 atom stereocenters. The lowest BCUT2D eigenvalue weighted by Crippen LogP contribution is -2.06. The van der Waals surface area contributed by atoms with Crippen LogP contribution in [0.5, 0.6) is 0 Å². The van der Waals surface area contributed by atoms with Crippen LogP contribution in [-0.4, -0.2) is 22.8 Å². The van der Waals surface area contributed by atoms with Gasteiger partial charge in [-0.1, -0.05) is 17.7 Å². The first kappa shape index (κ1) is 12.7. The number of aromatic amines is 1. The molecule has 3 rings (SSSR count). The van der Waals surface area contributed by atoms with Crippen LogP contribution in [0.25, 0.3) is 21.9 Å². The average molecular weight is 293 g/mol. The molecule has 0 saturated carbocycles. The zero-order valence-corrected chi connectivity index (χ0v) is 11.2. The number of fused-ring (bicyclic) bond motifs is 3. The number of rotatable bonds is 2. The van der Waals surface area contributed by atoms with E-state index in [-0.39, 0.29) is 17.8 Å². The summed E-state index contributed by atoms with van der Waals surface area (Å²) in [5.74, 6) is -0.596. The minimum absolute atomic E-state index is 0.0219. The number of nitrogens with zero attached hydrogens (tertiary/aromatic N) is 1. The predicted octanol–water partition coefficient (Wildman–Crippen LogP) is 2.50. The minimum Gasteiger partial charge on any atom is -0.461 e. The molecular weight excluding hydrogens is 284 g/mol. The van der Waals surface area contributed by atoms with Gasteiger partial charge in [-0.25, -0.2) is 9.59 Å². The number of H-pyrrole nitrogens is 1. The molecule has 0 spiro atoms. The minimum atomic E-state index is -0.637. The third-order valence-corrected chi connectivity index (χ3v) is 3.18. The summed E-state index contributed by atoms with van der Waals surface area (Å²) in [6, 6.07) is 4.90. The monoisotopic (exact) mass is 292 g/mol. The van der Waals surface area contributed by atoms with Gasteiger partial charge in [-0.15, -0.1) is 0 Å². The van der Waals surface area contributed by atoms with Gasteiger partial charge in [0, 0.05) is 5.39 Å². The Morgan fingerprint density at radius 1 is 1.45 bits per heavy atom. The Hall–Kier alpha value is -2.34. The van der Waals surface area contributed by atoms with E-state index in [9.17, 15) is 9.59 Å². The standard InChI is InChI=1S/C13H9ClN2O4/c1-2-19-12(17)10-9-8-6(14)4-3-5-7(8)20-13(18)11(9)16-15-10/h3-5H,2H2,1H3,(H,15,16). The van der Waals surface area contributed by atoms with Gasteiger partial charge in [-0.05, 0) is 19.1 Å². The number of hydrogen-bond donors (Lipinski definition) is 1. The lowest BCUT2D eigenvalue weighted by molar-refractivity contribution is 0.0522. The second-order valence-corrected chi connectivity index (χ2v) is 4.45. The van der Waals surface area contributed by atoms with E-state index in [1.807, 2.05) is 0 Å². The van der Waals surface area contributed by atoms with Crippen molar-refractivity contribution in [3.63, 3.8) is 0 Å². The van der Waals surface area contributed by atoms with Gasteiger partial charge >= 0.3 is 11.6 Å². The van der Waals surface area contributed by atoms with Crippen molar-refractivity contribution in [1.29, 1.82) is 0 Å². The van der Waals surface area contributed by atoms with Gasteiger partial charge < -0.3 is 9.15 Å². The number of carbonyl (C=O) groups excluding carboxylic acids is 1. The molecule has 0 fully saturated rings. The molecular formula is C13H9ClN2O4. The molecule has 0 aliphatic heterocycles. The molecule has 0 aliphatic rings. The van der Waals surface area contributed by atoms with Crippen molar-refractivity contribution in [1.82, 2.24) is 10.2 Å². The molecule has 2 heterocycles. The molecule has 1 aromatic carbocycles. The van der Waals surface area contributed by atoms with Crippen molar-refractivity contribution in [3.8, 4) is 0 Å². The van der Waals surface area contributed by atoms with Crippen molar-refractivity contribution >= 4 is 39.4 Å².